The van der Waals surface area contributed by atoms with E-state index in [0.717, 1.165) is 4.47 Å². The summed E-state index contributed by atoms with van der Waals surface area (Å²) in [5, 5.41) is 8.95. The summed E-state index contributed by atoms with van der Waals surface area (Å²) in [6.07, 6.45) is 2.45. The number of nitrogens with zero attached hydrogens (tertiary/aromatic N) is 3. The zero-order valence-corrected chi connectivity index (χ0v) is 11.1. The first kappa shape index (κ1) is 13.5. The normalized spacial score (nSPS) is 10.5. The monoisotopic (exact) mass is 327 g/mol. The Morgan fingerprint density at radius 1 is 1.47 bits per heavy atom. The van der Waals surface area contributed by atoms with E-state index in [1.807, 2.05) is 6.07 Å². The van der Waals surface area contributed by atoms with E-state index in [1.54, 1.807) is 18.2 Å². The van der Waals surface area contributed by atoms with Gasteiger partial charge in [0.1, 0.15) is 18.4 Å². The third-order valence-electron chi connectivity index (χ3n) is 2.38. The maximum Gasteiger partial charge on any atom is 0.320 e. The summed E-state index contributed by atoms with van der Waals surface area (Å²) < 4.78 is 32.0. The molecule has 98 valence electrons. The van der Waals surface area contributed by atoms with Crippen molar-refractivity contribution in [2.45, 2.75) is 13.2 Å². The smallest absolute Gasteiger partial charge is 0.320 e. The average Bonchev–Trinajstić information content (AvgIpc) is 2.85. The molecule has 0 fully saturated rings. The molecule has 0 spiro atoms. The molecule has 0 aliphatic rings. The number of alkyl halides is 2. The molecular weight excluding hydrogens is 320 g/mol. The Labute approximate surface area is 116 Å². The van der Waals surface area contributed by atoms with Crippen LogP contribution >= 0.6 is 15.9 Å². The highest BCUT2D eigenvalue weighted by atomic mass is 79.9. The van der Waals surface area contributed by atoms with Crippen LogP contribution in [-0.2, 0) is 6.61 Å². The van der Waals surface area contributed by atoms with Gasteiger partial charge in [0.2, 0.25) is 0 Å². The van der Waals surface area contributed by atoms with Crippen LogP contribution < -0.4 is 4.74 Å². The number of imidazole rings is 1. The number of nitriles is 1. The summed E-state index contributed by atoms with van der Waals surface area (Å²) in [5.74, 6) is 0.427. The van der Waals surface area contributed by atoms with E-state index in [-0.39, 0.29) is 12.4 Å². The minimum Gasteiger partial charge on any atom is -0.484 e. The third kappa shape index (κ3) is 3.09. The molecule has 0 saturated heterocycles. The maximum atomic E-state index is 12.6. The summed E-state index contributed by atoms with van der Waals surface area (Å²) in [6.45, 7) is -2.80. The van der Waals surface area contributed by atoms with Gasteiger partial charge in [-0.3, -0.25) is 4.57 Å². The number of aromatic nitrogens is 2. The molecular formula is C12H8BrF2N3O. The van der Waals surface area contributed by atoms with Gasteiger partial charge in [-0.25, -0.2) is 4.98 Å². The average molecular weight is 328 g/mol. The lowest BCUT2D eigenvalue weighted by molar-refractivity contribution is 0.0632. The fourth-order valence-corrected chi connectivity index (χ4v) is 1.85. The van der Waals surface area contributed by atoms with Gasteiger partial charge >= 0.3 is 6.55 Å². The van der Waals surface area contributed by atoms with Crippen LogP contribution in [0, 0.1) is 11.3 Å². The van der Waals surface area contributed by atoms with Crippen LogP contribution in [0.15, 0.2) is 35.1 Å². The van der Waals surface area contributed by atoms with E-state index in [0.29, 0.717) is 15.9 Å². The first-order valence-electron chi connectivity index (χ1n) is 5.24. The van der Waals surface area contributed by atoms with Crippen molar-refractivity contribution in [2.75, 3.05) is 0 Å². The highest BCUT2D eigenvalue weighted by molar-refractivity contribution is 9.10. The van der Waals surface area contributed by atoms with Crippen LogP contribution in [0.1, 0.15) is 17.9 Å². The molecule has 1 heterocycles. The molecule has 1 aromatic heterocycles. The van der Waals surface area contributed by atoms with Gasteiger partial charge in [0.25, 0.3) is 0 Å². The molecule has 7 heteroatoms. The van der Waals surface area contributed by atoms with Crippen molar-refractivity contribution in [3.63, 3.8) is 0 Å². The Kier molecular flexibility index (Phi) is 4.12. The van der Waals surface area contributed by atoms with Crippen LogP contribution in [0.25, 0.3) is 0 Å². The van der Waals surface area contributed by atoms with Gasteiger partial charge in [-0.1, -0.05) is 15.9 Å². The molecule has 1 aromatic carbocycles. The highest BCUT2D eigenvalue weighted by Gasteiger charge is 2.12. The van der Waals surface area contributed by atoms with Crippen LogP contribution in [0.4, 0.5) is 8.78 Å². The standard InChI is InChI=1S/C12H8BrF2N3O/c13-9-1-2-10(8(5-9)6-16)19-7-11-17-3-4-18(11)12(14)15/h1-5,12H,7H2. The Bertz CT molecular complexity index is 622. The molecule has 0 aliphatic heterocycles. The van der Waals surface area contributed by atoms with Gasteiger partial charge < -0.3 is 4.74 Å². The number of hydrogen-bond donors (Lipinski definition) is 0. The number of benzene rings is 1. The van der Waals surface area contributed by atoms with Gasteiger partial charge in [0.05, 0.1) is 5.56 Å². The summed E-state index contributed by atoms with van der Waals surface area (Å²) >= 11 is 3.24. The second-order valence-corrected chi connectivity index (χ2v) is 4.49. The molecule has 0 bridgehead atoms. The SMILES string of the molecule is N#Cc1cc(Br)ccc1OCc1nccn1C(F)F. The van der Waals surface area contributed by atoms with Gasteiger partial charge in [-0.2, -0.15) is 14.0 Å². The summed E-state index contributed by atoms with van der Waals surface area (Å²) in [4.78, 5) is 3.79. The molecule has 2 aromatic rings. The first-order valence-corrected chi connectivity index (χ1v) is 6.03. The molecule has 0 radical (unpaired) electrons. The molecule has 0 saturated carbocycles. The van der Waals surface area contributed by atoms with Crippen molar-refractivity contribution >= 4 is 15.9 Å². The zero-order chi connectivity index (χ0) is 13.8. The van der Waals surface area contributed by atoms with E-state index in [9.17, 15) is 8.78 Å². The highest BCUT2D eigenvalue weighted by Crippen LogP contribution is 2.23. The van der Waals surface area contributed by atoms with Gasteiger partial charge in [-0.15, -0.1) is 0 Å². The van der Waals surface area contributed by atoms with E-state index in [4.69, 9.17) is 10.00 Å². The summed E-state index contributed by atoms with van der Waals surface area (Å²) in [5.41, 5.74) is 0.324. The molecule has 0 N–H and O–H groups in total. The van der Waals surface area contributed by atoms with E-state index in [2.05, 4.69) is 20.9 Å². The number of hydrogen-bond acceptors (Lipinski definition) is 3. The summed E-state index contributed by atoms with van der Waals surface area (Å²) in [7, 11) is 0. The molecule has 2 rings (SSSR count). The second kappa shape index (κ2) is 5.80. The predicted molar refractivity (Wildman–Crippen MR) is 66.7 cm³/mol. The molecule has 19 heavy (non-hydrogen) atoms. The largest absolute Gasteiger partial charge is 0.484 e. The van der Waals surface area contributed by atoms with Crippen molar-refractivity contribution in [3.05, 3.63) is 46.5 Å². The predicted octanol–water partition coefficient (Wildman–Crippen LogP) is 3.49. The van der Waals surface area contributed by atoms with Gasteiger partial charge in [0, 0.05) is 16.9 Å². The van der Waals surface area contributed by atoms with Crippen LogP contribution in [-0.4, -0.2) is 9.55 Å². The van der Waals surface area contributed by atoms with Gasteiger partial charge in [-0.05, 0) is 18.2 Å². The minimum atomic E-state index is -2.67. The van der Waals surface area contributed by atoms with Crippen molar-refractivity contribution in [1.82, 2.24) is 9.55 Å². The lowest BCUT2D eigenvalue weighted by Gasteiger charge is -2.09. The van der Waals surface area contributed by atoms with Crippen LogP contribution in [0.5, 0.6) is 5.75 Å². The molecule has 0 aliphatic carbocycles. The fourth-order valence-electron chi connectivity index (χ4n) is 1.49. The number of halogens is 3. The topological polar surface area (TPSA) is 50.8 Å². The lowest BCUT2D eigenvalue weighted by Crippen LogP contribution is -2.07. The van der Waals surface area contributed by atoms with Crippen molar-refractivity contribution in [1.29, 1.82) is 5.26 Å². The molecule has 0 amide bonds. The molecule has 0 unspecified atom stereocenters. The number of rotatable bonds is 4. The Morgan fingerprint density at radius 2 is 2.26 bits per heavy atom. The van der Waals surface area contributed by atoms with E-state index < -0.39 is 6.55 Å². The number of ether oxygens (including phenoxy) is 1. The first-order chi connectivity index (χ1) is 9.11. The molecule has 0 atom stereocenters. The molecule has 4 nitrogen and oxygen atoms in total. The van der Waals surface area contributed by atoms with Gasteiger partial charge in [0.15, 0.2) is 5.82 Å². The summed E-state index contributed by atoms with van der Waals surface area (Å²) in [6, 6.07) is 6.87. The third-order valence-corrected chi connectivity index (χ3v) is 2.87. The maximum absolute atomic E-state index is 12.6. The van der Waals surface area contributed by atoms with Crippen LogP contribution in [0.3, 0.4) is 0 Å². The van der Waals surface area contributed by atoms with E-state index in [1.165, 1.54) is 12.4 Å². The second-order valence-electron chi connectivity index (χ2n) is 3.57. The Morgan fingerprint density at radius 3 is 2.95 bits per heavy atom. The van der Waals surface area contributed by atoms with Crippen molar-refractivity contribution < 1.29 is 13.5 Å². The Hall–Kier alpha value is -1.94. The van der Waals surface area contributed by atoms with Crippen LogP contribution in [0.2, 0.25) is 0 Å². The quantitative estimate of drug-likeness (QED) is 0.863. The minimum absolute atomic E-state index is 0.0989. The van der Waals surface area contributed by atoms with Crippen molar-refractivity contribution in [2.24, 2.45) is 0 Å². The fraction of sp³-hybridized carbons (Fsp3) is 0.167. The van der Waals surface area contributed by atoms with E-state index >= 15 is 0 Å². The van der Waals surface area contributed by atoms with Crippen molar-refractivity contribution in [3.8, 4) is 11.8 Å². The lowest BCUT2D eigenvalue weighted by atomic mass is 10.2. The zero-order valence-electron chi connectivity index (χ0n) is 9.55. The Balaban J connectivity index is 2.15.